The summed E-state index contributed by atoms with van der Waals surface area (Å²) in [5.41, 5.74) is 1.90. The number of allylic oxidation sites excluding steroid dienone is 1. The second kappa shape index (κ2) is 8.80. The summed E-state index contributed by atoms with van der Waals surface area (Å²) in [6.45, 7) is 4.13. The number of aliphatic hydroxyl groups excluding tert-OH is 1. The zero-order chi connectivity index (χ0) is 16.7. The van der Waals surface area contributed by atoms with Crippen LogP contribution in [0.4, 0.5) is 0 Å². The second-order valence-corrected chi connectivity index (χ2v) is 7.12. The molecule has 0 saturated carbocycles. The molecule has 0 amide bonds. The summed E-state index contributed by atoms with van der Waals surface area (Å²) in [4.78, 5) is 1.31. The van der Waals surface area contributed by atoms with Gasteiger partial charge in [0, 0.05) is 4.90 Å². The third kappa shape index (κ3) is 4.88. The molecule has 2 aromatic carbocycles. The molecule has 1 N–H and O–H groups in total. The molecule has 0 aliphatic rings. The first-order valence-electron chi connectivity index (χ1n) is 8.05. The van der Waals surface area contributed by atoms with Gasteiger partial charge in [-0.05, 0) is 31.0 Å². The number of hydrogen-bond donors (Lipinski definition) is 1. The van der Waals surface area contributed by atoms with Gasteiger partial charge in [0.1, 0.15) is 6.10 Å². The maximum absolute atomic E-state index is 12.9. The van der Waals surface area contributed by atoms with Gasteiger partial charge in [0.15, 0.2) is 0 Å². The number of unbranched alkanes of at least 4 members (excludes halogenated alkanes) is 2. The Bertz CT molecular complexity index is 660. The molecule has 0 bridgehead atoms. The first-order valence-corrected chi connectivity index (χ1v) is 9.20. The van der Waals surface area contributed by atoms with Crippen molar-refractivity contribution in [3.05, 3.63) is 76.7 Å². The fourth-order valence-corrected chi connectivity index (χ4v) is 3.60. The van der Waals surface area contributed by atoms with Gasteiger partial charge in [0.25, 0.3) is 0 Å². The lowest BCUT2D eigenvalue weighted by Crippen LogP contribution is -2.08. The lowest BCUT2D eigenvalue weighted by Gasteiger charge is -2.16. The zero-order valence-corrected chi connectivity index (χ0v) is 14.6. The average Bonchev–Trinajstić information content (AvgIpc) is 2.59. The first-order chi connectivity index (χ1) is 11.1. The van der Waals surface area contributed by atoms with Crippen LogP contribution in [0.1, 0.15) is 43.4 Å². The molecule has 0 spiro atoms. The highest BCUT2D eigenvalue weighted by Gasteiger charge is 2.20. The Labute approximate surface area is 141 Å². The van der Waals surface area contributed by atoms with E-state index in [0.717, 1.165) is 35.3 Å². The molecule has 0 saturated heterocycles. The van der Waals surface area contributed by atoms with E-state index < -0.39 is 16.9 Å². The fraction of sp³-hybridized carbons (Fsp3) is 0.300. The Morgan fingerprint density at radius 1 is 1.13 bits per heavy atom. The van der Waals surface area contributed by atoms with Gasteiger partial charge in [0.05, 0.1) is 15.7 Å². The maximum Gasteiger partial charge on any atom is 0.112 e. The van der Waals surface area contributed by atoms with Crippen LogP contribution in [0.15, 0.2) is 70.5 Å². The molecule has 0 heterocycles. The molecule has 0 aliphatic heterocycles. The SMILES string of the molecule is CCCC/C=C(/[C@@H](O)c1ccccc1)S(=O)c1ccc(C)cc1. The molecule has 2 nitrogen and oxygen atoms in total. The topological polar surface area (TPSA) is 37.3 Å². The first kappa shape index (κ1) is 17.6. The van der Waals surface area contributed by atoms with Crippen LogP contribution in [0, 0.1) is 6.92 Å². The Kier molecular flexibility index (Phi) is 6.75. The molecule has 0 fully saturated rings. The minimum absolute atomic E-state index is 0.577. The number of benzene rings is 2. The van der Waals surface area contributed by atoms with E-state index in [9.17, 15) is 9.32 Å². The summed E-state index contributed by atoms with van der Waals surface area (Å²) in [6.07, 6.45) is 4.03. The third-order valence-electron chi connectivity index (χ3n) is 3.74. The van der Waals surface area contributed by atoms with Crippen LogP contribution in [0.5, 0.6) is 0 Å². The molecule has 0 aromatic heterocycles. The number of rotatable bonds is 7. The van der Waals surface area contributed by atoms with Gasteiger partial charge in [-0.1, -0.05) is 73.9 Å². The van der Waals surface area contributed by atoms with Crippen molar-refractivity contribution in [2.24, 2.45) is 0 Å². The van der Waals surface area contributed by atoms with E-state index in [2.05, 4.69) is 6.92 Å². The van der Waals surface area contributed by atoms with Crippen molar-refractivity contribution in [2.75, 3.05) is 0 Å². The molecule has 2 atom stereocenters. The van der Waals surface area contributed by atoms with E-state index >= 15 is 0 Å². The Balaban J connectivity index is 2.32. The lowest BCUT2D eigenvalue weighted by atomic mass is 10.1. The summed E-state index contributed by atoms with van der Waals surface area (Å²) in [7, 11) is -1.35. The standard InChI is InChI=1S/C20H24O2S/c1-3-4-6-11-19(20(21)17-9-7-5-8-10-17)23(22)18-14-12-16(2)13-15-18/h5,7-15,20-21H,3-4,6H2,1-2H3/b19-11-/t20-,23?/m0/s1. The third-order valence-corrected chi connectivity index (χ3v) is 5.26. The molecular formula is C20H24O2S. The highest BCUT2D eigenvalue weighted by Crippen LogP contribution is 2.28. The average molecular weight is 328 g/mol. The quantitative estimate of drug-likeness (QED) is 0.733. The molecule has 122 valence electrons. The summed E-state index contributed by atoms with van der Waals surface area (Å²) < 4.78 is 12.9. The maximum atomic E-state index is 12.9. The van der Waals surface area contributed by atoms with Crippen molar-refractivity contribution in [3.63, 3.8) is 0 Å². The van der Waals surface area contributed by atoms with Gasteiger partial charge >= 0.3 is 0 Å². The van der Waals surface area contributed by atoms with E-state index in [-0.39, 0.29) is 0 Å². The summed E-state index contributed by atoms with van der Waals surface area (Å²) in [5.74, 6) is 0. The predicted molar refractivity (Wildman–Crippen MR) is 96.6 cm³/mol. The van der Waals surface area contributed by atoms with Gasteiger partial charge in [-0.3, -0.25) is 0 Å². The summed E-state index contributed by atoms with van der Waals surface area (Å²) in [5, 5.41) is 10.7. The van der Waals surface area contributed by atoms with Gasteiger partial charge in [-0.15, -0.1) is 0 Å². The van der Waals surface area contributed by atoms with Crippen molar-refractivity contribution in [2.45, 2.75) is 44.1 Å². The lowest BCUT2D eigenvalue weighted by molar-refractivity contribution is 0.223. The van der Waals surface area contributed by atoms with Crippen LogP contribution >= 0.6 is 0 Å². The van der Waals surface area contributed by atoms with Crippen LogP contribution in [-0.4, -0.2) is 9.32 Å². The summed E-state index contributed by atoms with van der Waals surface area (Å²) in [6, 6.07) is 17.1. The Morgan fingerprint density at radius 3 is 2.39 bits per heavy atom. The van der Waals surface area contributed by atoms with Crippen LogP contribution in [-0.2, 0) is 10.8 Å². The summed E-state index contributed by atoms with van der Waals surface area (Å²) >= 11 is 0. The number of aryl methyl sites for hydroxylation is 1. The molecule has 2 rings (SSSR count). The van der Waals surface area contributed by atoms with Gasteiger partial charge in [-0.25, -0.2) is 4.21 Å². The highest BCUT2D eigenvalue weighted by atomic mass is 32.2. The van der Waals surface area contributed by atoms with Crippen molar-refractivity contribution in [1.82, 2.24) is 0 Å². The van der Waals surface area contributed by atoms with Crippen LogP contribution < -0.4 is 0 Å². The molecule has 3 heteroatoms. The molecule has 1 unspecified atom stereocenters. The molecule has 2 aromatic rings. The Morgan fingerprint density at radius 2 is 1.78 bits per heavy atom. The van der Waals surface area contributed by atoms with Crippen LogP contribution in [0.3, 0.4) is 0 Å². The minimum atomic E-state index is -1.35. The van der Waals surface area contributed by atoms with Crippen molar-refractivity contribution in [3.8, 4) is 0 Å². The van der Waals surface area contributed by atoms with E-state index in [1.165, 1.54) is 0 Å². The smallest absolute Gasteiger partial charge is 0.112 e. The van der Waals surface area contributed by atoms with E-state index in [1.807, 2.05) is 67.6 Å². The zero-order valence-electron chi connectivity index (χ0n) is 13.7. The number of hydrogen-bond acceptors (Lipinski definition) is 2. The molecule has 0 aliphatic carbocycles. The monoisotopic (exact) mass is 328 g/mol. The molecule has 0 radical (unpaired) electrons. The minimum Gasteiger partial charge on any atom is -0.383 e. The van der Waals surface area contributed by atoms with Gasteiger partial charge in [-0.2, -0.15) is 0 Å². The molecule has 23 heavy (non-hydrogen) atoms. The fourth-order valence-electron chi connectivity index (χ4n) is 2.33. The Hall–Kier alpha value is -1.71. The van der Waals surface area contributed by atoms with Crippen molar-refractivity contribution in [1.29, 1.82) is 0 Å². The van der Waals surface area contributed by atoms with E-state index in [4.69, 9.17) is 0 Å². The van der Waals surface area contributed by atoms with E-state index in [0.29, 0.717) is 4.91 Å². The van der Waals surface area contributed by atoms with Crippen molar-refractivity contribution < 1.29 is 9.32 Å². The van der Waals surface area contributed by atoms with Crippen LogP contribution in [0.25, 0.3) is 0 Å². The normalized spacial score (nSPS) is 14.5. The largest absolute Gasteiger partial charge is 0.383 e. The van der Waals surface area contributed by atoms with E-state index in [1.54, 1.807) is 0 Å². The molecular weight excluding hydrogens is 304 g/mol. The predicted octanol–water partition coefficient (Wildman–Crippen LogP) is 4.91. The van der Waals surface area contributed by atoms with Crippen LogP contribution in [0.2, 0.25) is 0 Å². The number of aliphatic hydroxyl groups is 1. The van der Waals surface area contributed by atoms with Gasteiger partial charge < -0.3 is 5.11 Å². The second-order valence-electron chi connectivity index (χ2n) is 5.64. The van der Waals surface area contributed by atoms with Crippen molar-refractivity contribution >= 4 is 10.8 Å². The highest BCUT2D eigenvalue weighted by molar-refractivity contribution is 7.89. The van der Waals surface area contributed by atoms with Gasteiger partial charge in [0.2, 0.25) is 0 Å².